The van der Waals surface area contributed by atoms with E-state index in [-0.39, 0.29) is 11.3 Å². The normalized spacial score (nSPS) is 17.2. The Morgan fingerprint density at radius 3 is 2.14 bits per heavy atom. The van der Waals surface area contributed by atoms with Gasteiger partial charge in [-0.3, -0.25) is 15.0 Å². The lowest BCUT2D eigenvalue weighted by atomic mass is 9.92. The average Bonchev–Trinajstić information content (AvgIpc) is 2.97. The van der Waals surface area contributed by atoms with Crippen LogP contribution in [0.5, 0.6) is 0 Å². The highest BCUT2D eigenvalue weighted by atomic mass is 127. The number of hydrogen-bond donors (Lipinski definition) is 1. The minimum Gasteiger partial charge on any atom is -0.288 e. The monoisotopic (exact) mass is 634 g/mol. The molecule has 12 heteroatoms. The van der Waals surface area contributed by atoms with Crippen LogP contribution in [0.15, 0.2) is 36.4 Å². The summed E-state index contributed by atoms with van der Waals surface area (Å²) in [6.45, 7) is 5.08. The fraction of sp³-hybridized carbons (Fsp3) is 0.435. The van der Waals surface area contributed by atoms with E-state index in [0.717, 1.165) is 6.07 Å². The molecule has 1 unspecified atom stereocenters. The third-order valence-electron chi connectivity index (χ3n) is 5.70. The highest BCUT2D eigenvalue weighted by Gasteiger charge is 2.73. The maximum Gasteiger partial charge on any atom is 0.435 e. The Hall–Kier alpha value is -1.54. The number of anilines is 1. The molecule has 1 aliphatic rings. The maximum absolute atomic E-state index is 14.6. The molecule has 2 aromatic carbocycles. The van der Waals surface area contributed by atoms with Crippen molar-refractivity contribution in [2.45, 2.75) is 50.5 Å². The number of nitrogens with one attached hydrogen (secondary N) is 1. The number of aryl methyl sites for hydroxylation is 1. The first-order valence-electron chi connectivity index (χ1n) is 10.3. The first-order valence-corrected chi connectivity index (χ1v) is 12.8. The van der Waals surface area contributed by atoms with Gasteiger partial charge in [-0.25, -0.2) is 4.39 Å². The fourth-order valence-corrected chi connectivity index (χ4v) is 5.72. The molecule has 192 valence electrons. The van der Waals surface area contributed by atoms with Crippen LogP contribution in [0.4, 0.5) is 36.4 Å². The molecule has 0 aromatic heterocycles. The van der Waals surface area contributed by atoms with Gasteiger partial charge in [-0.05, 0) is 67.3 Å². The van der Waals surface area contributed by atoms with Crippen molar-refractivity contribution >= 4 is 45.9 Å². The van der Waals surface area contributed by atoms with Crippen molar-refractivity contribution in [1.29, 1.82) is 0 Å². The molecule has 1 atom stereocenters. The molecule has 0 aliphatic carbocycles. The van der Waals surface area contributed by atoms with Crippen LogP contribution in [-0.2, 0) is 5.67 Å². The van der Waals surface area contributed by atoms with Gasteiger partial charge < -0.3 is 0 Å². The van der Waals surface area contributed by atoms with Crippen LogP contribution in [0.1, 0.15) is 47.1 Å². The number of thioether (sulfide) groups is 1. The molecule has 3 nitrogen and oxygen atoms in total. The van der Waals surface area contributed by atoms with E-state index in [9.17, 15) is 35.5 Å². The smallest absolute Gasteiger partial charge is 0.288 e. The Labute approximate surface area is 216 Å². The molecule has 35 heavy (non-hydrogen) atoms. The van der Waals surface area contributed by atoms with Gasteiger partial charge in [-0.1, -0.05) is 24.3 Å². The Balaban J connectivity index is 2.16. The zero-order chi connectivity index (χ0) is 26.6. The number of carbonyl (C=O) groups is 1. The summed E-state index contributed by atoms with van der Waals surface area (Å²) >= 11 is 3.56. The minimum absolute atomic E-state index is 0.0786. The molecule has 1 amide bonds. The van der Waals surface area contributed by atoms with Gasteiger partial charge >= 0.3 is 18.0 Å². The molecule has 3 rings (SSSR count). The standard InChI is InChI=1S/C23H22F7IN2OS/c1-12-10-13(21(24,22(25,26)27)23(28,29)30)8-9-16(12)33-18(32-20(2,3)11-35-4)14-6-5-7-15(31)17(14)19(33)34/h5-10,18,32H,11H2,1-4H3. The lowest BCUT2D eigenvalue weighted by Gasteiger charge is -2.36. The molecule has 2 aromatic rings. The Morgan fingerprint density at radius 1 is 1.03 bits per heavy atom. The molecule has 0 bridgehead atoms. The van der Waals surface area contributed by atoms with Crippen LogP contribution in [0.25, 0.3) is 0 Å². The number of hydrogen-bond acceptors (Lipinski definition) is 3. The molecule has 0 saturated carbocycles. The van der Waals surface area contributed by atoms with E-state index in [1.165, 1.54) is 11.8 Å². The highest BCUT2D eigenvalue weighted by molar-refractivity contribution is 14.1. The van der Waals surface area contributed by atoms with E-state index in [1.54, 1.807) is 30.0 Å². The third-order valence-corrected chi connectivity index (χ3v) is 7.61. The van der Waals surface area contributed by atoms with Crippen LogP contribution in [0.2, 0.25) is 0 Å². The van der Waals surface area contributed by atoms with E-state index in [2.05, 4.69) is 5.32 Å². The number of benzene rings is 2. The van der Waals surface area contributed by atoms with Gasteiger partial charge in [0.15, 0.2) is 0 Å². The molecule has 0 spiro atoms. The fourth-order valence-electron chi connectivity index (χ4n) is 4.16. The second-order valence-electron chi connectivity index (χ2n) is 8.90. The molecule has 0 fully saturated rings. The lowest BCUT2D eigenvalue weighted by Crippen LogP contribution is -2.50. The van der Waals surface area contributed by atoms with Crippen molar-refractivity contribution in [1.82, 2.24) is 5.32 Å². The second kappa shape index (κ2) is 9.40. The van der Waals surface area contributed by atoms with E-state index < -0.39 is 41.2 Å². The summed E-state index contributed by atoms with van der Waals surface area (Å²) in [6.07, 6.45) is -11.3. The first kappa shape index (κ1) is 28.0. The largest absolute Gasteiger partial charge is 0.435 e. The number of amides is 1. The second-order valence-corrected chi connectivity index (χ2v) is 10.9. The van der Waals surface area contributed by atoms with Crippen molar-refractivity contribution in [2.24, 2.45) is 0 Å². The van der Waals surface area contributed by atoms with Crippen molar-refractivity contribution < 1.29 is 35.5 Å². The van der Waals surface area contributed by atoms with Crippen molar-refractivity contribution in [3.8, 4) is 0 Å². The summed E-state index contributed by atoms with van der Waals surface area (Å²) in [5, 5.41) is 3.39. The van der Waals surface area contributed by atoms with Crippen LogP contribution >= 0.6 is 34.4 Å². The van der Waals surface area contributed by atoms with Crippen molar-refractivity contribution in [3.63, 3.8) is 0 Å². The van der Waals surface area contributed by atoms with Crippen LogP contribution < -0.4 is 10.2 Å². The number of fused-ring (bicyclic) bond motifs is 1. The van der Waals surface area contributed by atoms with E-state index in [0.29, 0.717) is 32.6 Å². The molecule has 1 heterocycles. The van der Waals surface area contributed by atoms with E-state index in [4.69, 9.17) is 0 Å². The molecular formula is C23H22F7IN2OS. The summed E-state index contributed by atoms with van der Waals surface area (Å²) in [7, 11) is 0. The van der Waals surface area contributed by atoms with Gasteiger partial charge in [0.05, 0.1) is 5.56 Å². The summed E-state index contributed by atoms with van der Waals surface area (Å²) < 4.78 is 94.8. The number of carbonyl (C=O) groups excluding carboxylic acids is 1. The predicted octanol–water partition coefficient (Wildman–Crippen LogP) is 7.28. The van der Waals surface area contributed by atoms with Gasteiger partial charge in [-0.15, -0.1) is 0 Å². The quantitative estimate of drug-likeness (QED) is 0.268. The Morgan fingerprint density at radius 2 is 1.63 bits per heavy atom. The molecule has 1 N–H and O–H groups in total. The summed E-state index contributed by atoms with van der Waals surface area (Å²) in [5.41, 5.74) is -6.64. The summed E-state index contributed by atoms with van der Waals surface area (Å²) in [4.78, 5) is 14.8. The number of rotatable bonds is 6. The van der Waals surface area contributed by atoms with Gasteiger partial charge in [0.2, 0.25) is 0 Å². The number of nitrogens with zero attached hydrogens (tertiary/aromatic N) is 1. The zero-order valence-corrected chi connectivity index (χ0v) is 22.0. The molecular weight excluding hydrogens is 612 g/mol. The van der Waals surface area contributed by atoms with Crippen molar-refractivity contribution in [3.05, 3.63) is 62.2 Å². The van der Waals surface area contributed by atoms with E-state index in [1.807, 2.05) is 42.7 Å². The zero-order valence-electron chi connectivity index (χ0n) is 19.0. The van der Waals surface area contributed by atoms with Crippen molar-refractivity contribution in [2.75, 3.05) is 16.9 Å². The van der Waals surface area contributed by atoms with Gasteiger partial charge in [0, 0.05) is 31.7 Å². The lowest BCUT2D eigenvalue weighted by molar-refractivity contribution is -0.348. The van der Waals surface area contributed by atoms with Crippen LogP contribution in [0.3, 0.4) is 0 Å². The van der Waals surface area contributed by atoms with Gasteiger partial charge in [0.25, 0.3) is 5.91 Å². The van der Waals surface area contributed by atoms with E-state index >= 15 is 0 Å². The van der Waals surface area contributed by atoms with Crippen LogP contribution in [-0.4, -0.2) is 35.8 Å². The van der Waals surface area contributed by atoms with Crippen LogP contribution in [0, 0.1) is 10.5 Å². The third kappa shape index (κ3) is 4.89. The molecule has 0 saturated heterocycles. The first-order chi connectivity index (χ1) is 16.0. The Bertz CT molecular complexity index is 1120. The summed E-state index contributed by atoms with van der Waals surface area (Å²) in [5.74, 6) is 0.195. The predicted molar refractivity (Wildman–Crippen MR) is 130 cm³/mol. The van der Waals surface area contributed by atoms with Gasteiger partial charge in [0.1, 0.15) is 6.17 Å². The topological polar surface area (TPSA) is 32.3 Å². The number of halogens is 8. The Kier molecular flexibility index (Phi) is 7.53. The average molecular weight is 634 g/mol. The SMILES string of the molecule is CSCC(C)(C)NC1c2cccc(I)c2C(=O)N1c1ccc(C(F)(C(F)(F)F)C(F)(F)F)cc1C. The highest BCUT2D eigenvalue weighted by Crippen LogP contribution is 2.54. The maximum atomic E-state index is 14.6. The van der Waals surface area contributed by atoms with Gasteiger partial charge in [-0.2, -0.15) is 38.1 Å². The number of alkyl halides is 7. The molecule has 0 radical (unpaired) electrons. The molecule has 1 aliphatic heterocycles. The minimum atomic E-state index is -6.22. The summed E-state index contributed by atoms with van der Waals surface area (Å²) in [6, 6.07) is 7.10.